The van der Waals surface area contributed by atoms with E-state index < -0.39 is 17.6 Å². The van der Waals surface area contributed by atoms with Crippen LogP contribution in [0.3, 0.4) is 0 Å². The van der Waals surface area contributed by atoms with Gasteiger partial charge in [-0.15, -0.1) is 0 Å². The number of carbonyl (C=O) groups is 2. The molecule has 0 aliphatic heterocycles. The van der Waals surface area contributed by atoms with Crippen molar-refractivity contribution in [3.63, 3.8) is 0 Å². The number of alkyl halides is 3. The lowest BCUT2D eigenvalue weighted by molar-refractivity contribution is -0.137. The Labute approximate surface area is 204 Å². The minimum absolute atomic E-state index is 0.138. The number of rotatable bonds is 4. The number of nitrogens with zero attached hydrogens (tertiary/aromatic N) is 3. The number of amides is 2. The van der Waals surface area contributed by atoms with Gasteiger partial charge in [-0.25, -0.2) is 9.97 Å². The molecule has 0 bridgehead atoms. The van der Waals surface area contributed by atoms with Crippen LogP contribution in [0.25, 0.3) is 11.0 Å². The Morgan fingerprint density at radius 2 is 1.83 bits per heavy atom. The molecular formula is C26H20F3N5O2. The third kappa shape index (κ3) is 5.52. The van der Waals surface area contributed by atoms with Gasteiger partial charge >= 0.3 is 6.18 Å². The molecule has 36 heavy (non-hydrogen) atoms. The number of carbonyl (C=O) groups excluding carboxylic acids is 2. The second-order valence-corrected chi connectivity index (χ2v) is 7.91. The van der Waals surface area contributed by atoms with Crippen molar-refractivity contribution in [2.75, 3.05) is 12.4 Å². The van der Waals surface area contributed by atoms with E-state index in [9.17, 15) is 22.8 Å². The third-order valence-corrected chi connectivity index (χ3v) is 5.38. The Hall–Kier alpha value is -4.65. The summed E-state index contributed by atoms with van der Waals surface area (Å²) in [5.74, 6) is 5.14. The summed E-state index contributed by atoms with van der Waals surface area (Å²) < 4.78 is 40.5. The van der Waals surface area contributed by atoms with E-state index in [2.05, 4.69) is 32.4 Å². The van der Waals surface area contributed by atoms with Gasteiger partial charge in [0.25, 0.3) is 5.91 Å². The predicted octanol–water partition coefficient (Wildman–Crippen LogP) is 4.16. The predicted molar refractivity (Wildman–Crippen MR) is 128 cm³/mol. The van der Waals surface area contributed by atoms with Gasteiger partial charge in [0.2, 0.25) is 5.91 Å². The van der Waals surface area contributed by atoms with Crippen LogP contribution < -0.4 is 10.6 Å². The standard InChI is InChI=1S/C26H20F3N5O2/c1-16-3-6-19(25(36)33-23-13-20(9-10-31-23)26(27,28)29)12-18(16)7-4-17-5-8-22-21(11-17)32-15-34(22)14-24(35)30-2/h3,5-6,8-13,15H,14H2,1-2H3,(H,30,35)(H,31,33,36). The minimum atomic E-state index is -4.54. The molecule has 0 aliphatic rings. The molecule has 0 saturated carbocycles. The fourth-order valence-corrected chi connectivity index (χ4v) is 3.40. The highest BCUT2D eigenvalue weighted by atomic mass is 19.4. The summed E-state index contributed by atoms with van der Waals surface area (Å²) in [4.78, 5) is 32.4. The second-order valence-electron chi connectivity index (χ2n) is 7.91. The van der Waals surface area contributed by atoms with Crippen molar-refractivity contribution in [2.24, 2.45) is 0 Å². The van der Waals surface area contributed by atoms with Crippen molar-refractivity contribution >= 4 is 28.7 Å². The number of benzene rings is 2. The Morgan fingerprint density at radius 1 is 1.03 bits per heavy atom. The number of aryl methyl sites for hydroxylation is 1. The summed E-state index contributed by atoms with van der Waals surface area (Å²) in [6.07, 6.45) is -1.97. The Balaban J connectivity index is 1.55. The lowest BCUT2D eigenvalue weighted by Gasteiger charge is -2.09. The molecule has 0 fully saturated rings. The highest BCUT2D eigenvalue weighted by Gasteiger charge is 2.30. The van der Waals surface area contributed by atoms with Gasteiger partial charge < -0.3 is 15.2 Å². The van der Waals surface area contributed by atoms with Gasteiger partial charge in [0.15, 0.2) is 0 Å². The Bertz CT molecular complexity index is 1530. The first-order chi connectivity index (χ1) is 17.1. The Kier molecular flexibility index (Phi) is 6.74. The molecule has 4 aromatic rings. The van der Waals surface area contributed by atoms with Gasteiger partial charge in [0.05, 0.1) is 22.9 Å². The molecule has 182 valence electrons. The second kappa shape index (κ2) is 9.92. The zero-order valence-corrected chi connectivity index (χ0v) is 19.3. The van der Waals surface area contributed by atoms with Crippen LogP contribution in [0.4, 0.5) is 19.0 Å². The zero-order valence-electron chi connectivity index (χ0n) is 19.3. The largest absolute Gasteiger partial charge is 0.416 e. The zero-order chi connectivity index (χ0) is 25.9. The number of halogens is 3. The summed E-state index contributed by atoms with van der Waals surface area (Å²) in [6, 6.07) is 11.9. The number of hydrogen-bond donors (Lipinski definition) is 2. The number of hydrogen-bond acceptors (Lipinski definition) is 4. The van der Waals surface area contributed by atoms with E-state index in [0.29, 0.717) is 16.6 Å². The molecule has 2 amide bonds. The molecule has 0 spiro atoms. The van der Waals surface area contributed by atoms with Gasteiger partial charge in [0.1, 0.15) is 12.4 Å². The van der Waals surface area contributed by atoms with Crippen LogP contribution in [0, 0.1) is 18.8 Å². The lowest BCUT2D eigenvalue weighted by atomic mass is 10.0. The summed E-state index contributed by atoms with van der Waals surface area (Å²) >= 11 is 0. The number of likely N-dealkylation sites (N-methyl/N-ethyl adjacent to an activating group) is 1. The van der Waals surface area contributed by atoms with E-state index in [1.165, 1.54) is 0 Å². The van der Waals surface area contributed by atoms with Crippen molar-refractivity contribution in [3.05, 3.63) is 88.9 Å². The molecule has 2 heterocycles. The smallest absolute Gasteiger partial charge is 0.358 e. The number of aromatic nitrogens is 3. The van der Waals surface area contributed by atoms with Gasteiger partial charge in [-0.2, -0.15) is 13.2 Å². The average molecular weight is 491 g/mol. The van der Waals surface area contributed by atoms with Crippen LogP contribution in [0.5, 0.6) is 0 Å². The highest BCUT2D eigenvalue weighted by Crippen LogP contribution is 2.30. The van der Waals surface area contributed by atoms with Gasteiger partial charge in [-0.05, 0) is 55.0 Å². The maximum atomic E-state index is 12.9. The molecule has 0 atom stereocenters. The molecular weight excluding hydrogens is 471 g/mol. The maximum Gasteiger partial charge on any atom is 0.416 e. The summed E-state index contributed by atoms with van der Waals surface area (Å²) in [7, 11) is 1.57. The van der Waals surface area contributed by atoms with Gasteiger partial charge in [0, 0.05) is 29.9 Å². The first-order valence-electron chi connectivity index (χ1n) is 10.8. The SMILES string of the molecule is CNC(=O)Cn1cnc2cc(C#Cc3cc(C(=O)Nc4cc(C(F)(F)F)ccn4)ccc3C)ccc21. The van der Waals surface area contributed by atoms with Crippen molar-refractivity contribution in [1.29, 1.82) is 0 Å². The van der Waals surface area contributed by atoms with Crippen LogP contribution in [-0.2, 0) is 17.5 Å². The number of pyridine rings is 1. The molecule has 0 unspecified atom stereocenters. The molecule has 10 heteroatoms. The third-order valence-electron chi connectivity index (χ3n) is 5.38. The molecule has 0 saturated heterocycles. The van der Waals surface area contributed by atoms with E-state index in [4.69, 9.17) is 0 Å². The normalized spacial score (nSPS) is 11.0. The molecule has 4 rings (SSSR count). The van der Waals surface area contributed by atoms with Crippen molar-refractivity contribution in [1.82, 2.24) is 19.9 Å². The molecule has 0 radical (unpaired) electrons. The highest BCUT2D eigenvalue weighted by molar-refractivity contribution is 6.04. The van der Waals surface area contributed by atoms with Crippen LogP contribution in [-0.4, -0.2) is 33.4 Å². The maximum absolute atomic E-state index is 12.9. The summed E-state index contributed by atoms with van der Waals surface area (Å²) in [5, 5.41) is 4.96. The van der Waals surface area contributed by atoms with E-state index >= 15 is 0 Å². The van der Waals surface area contributed by atoms with E-state index in [-0.39, 0.29) is 23.8 Å². The topological polar surface area (TPSA) is 88.9 Å². The van der Waals surface area contributed by atoms with Gasteiger partial charge in [-0.1, -0.05) is 17.9 Å². The molecule has 2 N–H and O–H groups in total. The lowest BCUT2D eigenvalue weighted by Crippen LogP contribution is -2.22. The summed E-state index contributed by atoms with van der Waals surface area (Å²) in [5.41, 5.74) is 2.91. The van der Waals surface area contributed by atoms with E-state index in [1.54, 1.807) is 42.2 Å². The van der Waals surface area contributed by atoms with Crippen molar-refractivity contribution < 1.29 is 22.8 Å². The monoisotopic (exact) mass is 491 g/mol. The van der Waals surface area contributed by atoms with Crippen LogP contribution in [0.1, 0.15) is 32.6 Å². The minimum Gasteiger partial charge on any atom is -0.358 e. The summed E-state index contributed by atoms with van der Waals surface area (Å²) in [6.45, 7) is 1.99. The number of imidazole rings is 1. The van der Waals surface area contributed by atoms with Gasteiger partial charge in [-0.3, -0.25) is 9.59 Å². The van der Waals surface area contributed by atoms with E-state index in [1.807, 2.05) is 19.1 Å². The number of fused-ring (bicyclic) bond motifs is 1. The van der Waals surface area contributed by atoms with Crippen LogP contribution in [0.15, 0.2) is 61.1 Å². The van der Waals surface area contributed by atoms with Crippen LogP contribution in [0.2, 0.25) is 0 Å². The van der Waals surface area contributed by atoms with Crippen molar-refractivity contribution in [3.8, 4) is 11.8 Å². The number of nitrogens with one attached hydrogen (secondary N) is 2. The first kappa shape index (κ1) is 24.5. The molecule has 2 aromatic heterocycles. The fourth-order valence-electron chi connectivity index (χ4n) is 3.40. The number of anilines is 1. The quantitative estimate of drug-likeness (QED) is 0.420. The molecule has 2 aromatic carbocycles. The first-order valence-corrected chi connectivity index (χ1v) is 10.8. The Morgan fingerprint density at radius 3 is 2.58 bits per heavy atom. The average Bonchev–Trinajstić information content (AvgIpc) is 3.24. The molecule has 7 nitrogen and oxygen atoms in total. The van der Waals surface area contributed by atoms with Crippen LogP contribution >= 0.6 is 0 Å². The molecule has 0 aliphatic carbocycles. The van der Waals surface area contributed by atoms with Crippen molar-refractivity contribution in [2.45, 2.75) is 19.6 Å². The van der Waals surface area contributed by atoms with E-state index in [0.717, 1.165) is 29.4 Å². The fraction of sp³-hybridized carbons (Fsp3) is 0.154.